The van der Waals surface area contributed by atoms with Gasteiger partial charge in [0.25, 0.3) is 5.91 Å². The van der Waals surface area contributed by atoms with Crippen LogP contribution >= 0.6 is 39.3 Å². The lowest BCUT2D eigenvalue weighted by atomic mass is 10.2. The van der Waals surface area contributed by atoms with Gasteiger partial charge in [-0.1, -0.05) is 23.7 Å². The van der Waals surface area contributed by atoms with Gasteiger partial charge in [-0.15, -0.1) is 11.8 Å². The molecule has 7 heteroatoms. The molecule has 1 N–H and O–H groups in total. The maximum atomic E-state index is 12.4. The Hall–Kier alpha value is -2.02. The summed E-state index contributed by atoms with van der Waals surface area (Å²) in [5.41, 5.74) is 8.01. The number of rotatable bonds is 6. The van der Waals surface area contributed by atoms with Crippen molar-refractivity contribution < 1.29 is 4.79 Å². The Labute approximate surface area is 194 Å². The van der Waals surface area contributed by atoms with Crippen molar-refractivity contribution in [2.45, 2.75) is 37.8 Å². The summed E-state index contributed by atoms with van der Waals surface area (Å²) in [6, 6.07) is 15.8. The van der Waals surface area contributed by atoms with Crippen LogP contribution < -0.4 is 5.43 Å². The summed E-state index contributed by atoms with van der Waals surface area (Å²) < 4.78 is 3.14. The standard InChI is InChI=1S/C23H23BrClN3OS/c1-14-6-5-7-19(12-14)28-15(2)21(22(24)16(28)3)13-26-27-23(29)17(4)30-20-10-8-18(25)9-11-20/h5-13,17H,1-4H3,(H,27,29)/b26-13-/t17-/m1/s1. The third-order valence-corrected chi connectivity index (χ3v) is 7.10. The number of hydrogen-bond donors (Lipinski definition) is 1. The first-order chi connectivity index (χ1) is 14.3. The second kappa shape index (κ2) is 9.86. The second-order valence-electron chi connectivity index (χ2n) is 7.02. The van der Waals surface area contributed by atoms with Crippen molar-refractivity contribution in [1.29, 1.82) is 0 Å². The molecule has 0 saturated carbocycles. The van der Waals surface area contributed by atoms with Crippen molar-refractivity contribution in [2.75, 3.05) is 0 Å². The van der Waals surface area contributed by atoms with Crippen LogP contribution in [-0.4, -0.2) is 21.9 Å². The molecule has 30 heavy (non-hydrogen) atoms. The van der Waals surface area contributed by atoms with Gasteiger partial charge < -0.3 is 4.57 Å². The van der Waals surface area contributed by atoms with E-state index >= 15 is 0 Å². The van der Waals surface area contributed by atoms with Gasteiger partial charge >= 0.3 is 0 Å². The summed E-state index contributed by atoms with van der Waals surface area (Å²) in [5.74, 6) is -0.158. The number of carbonyl (C=O) groups excluding carboxylic acids is 1. The average molecular weight is 505 g/mol. The zero-order valence-electron chi connectivity index (χ0n) is 17.2. The molecule has 0 aliphatic heterocycles. The number of thioether (sulfide) groups is 1. The van der Waals surface area contributed by atoms with E-state index in [0.717, 1.165) is 32.0 Å². The van der Waals surface area contributed by atoms with Gasteiger partial charge in [-0.3, -0.25) is 4.79 Å². The highest BCUT2D eigenvalue weighted by Gasteiger charge is 2.17. The number of benzene rings is 2. The number of nitrogens with one attached hydrogen (secondary N) is 1. The van der Waals surface area contributed by atoms with Crippen LogP contribution in [0.2, 0.25) is 5.02 Å². The summed E-state index contributed by atoms with van der Waals surface area (Å²) in [6.07, 6.45) is 1.69. The summed E-state index contributed by atoms with van der Waals surface area (Å²) in [7, 11) is 0. The predicted molar refractivity (Wildman–Crippen MR) is 130 cm³/mol. The van der Waals surface area contributed by atoms with Crippen molar-refractivity contribution in [1.82, 2.24) is 9.99 Å². The van der Waals surface area contributed by atoms with Crippen LogP contribution in [0, 0.1) is 20.8 Å². The Morgan fingerprint density at radius 3 is 2.53 bits per heavy atom. The molecule has 0 spiro atoms. The molecule has 4 nitrogen and oxygen atoms in total. The molecule has 1 amide bonds. The molecule has 156 valence electrons. The fourth-order valence-corrected chi connectivity index (χ4v) is 4.70. The molecule has 3 rings (SSSR count). The molecule has 0 bridgehead atoms. The van der Waals surface area contributed by atoms with Crippen LogP contribution in [0.3, 0.4) is 0 Å². The molecular weight excluding hydrogens is 482 g/mol. The molecule has 1 atom stereocenters. The average Bonchev–Trinajstić information content (AvgIpc) is 2.92. The first-order valence-corrected chi connectivity index (χ1v) is 11.5. The highest BCUT2D eigenvalue weighted by molar-refractivity contribution is 9.10. The van der Waals surface area contributed by atoms with Gasteiger partial charge in [0, 0.05) is 37.0 Å². The van der Waals surface area contributed by atoms with Crippen molar-refractivity contribution in [2.24, 2.45) is 5.10 Å². The predicted octanol–water partition coefficient (Wildman–Crippen LogP) is 6.45. The van der Waals surface area contributed by atoms with Gasteiger partial charge in [-0.25, -0.2) is 5.43 Å². The Kier molecular flexibility index (Phi) is 7.45. The summed E-state index contributed by atoms with van der Waals surface area (Å²) in [5, 5.41) is 4.59. The number of nitrogens with zero attached hydrogens (tertiary/aromatic N) is 2. The van der Waals surface area contributed by atoms with E-state index in [9.17, 15) is 4.79 Å². The largest absolute Gasteiger partial charge is 0.317 e. The molecule has 0 aliphatic carbocycles. The first-order valence-electron chi connectivity index (χ1n) is 9.47. The molecule has 0 saturated heterocycles. The maximum absolute atomic E-state index is 12.4. The lowest BCUT2D eigenvalue weighted by Gasteiger charge is -2.10. The van der Waals surface area contributed by atoms with Crippen molar-refractivity contribution in [3.05, 3.63) is 80.5 Å². The third-order valence-electron chi connectivity index (χ3n) is 4.74. The Morgan fingerprint density at radius 1 is 1.17 bits per heavy atom. The van der Waals surface area contributed by atoms with Gasteiger partial charge in [-0.05, 0) is 85.6 Å². The van der Waals surface area contributed by atoms with E-state index in [-0.39, 0.29) is 11.2 Å². The monoisotopic (exact) mass is 503 g/mol. The summed E-state index contributed by atoms with van der Waals surface area (Å²) in [6.45, 7) is 8.03. The van der Waals surface area contributed by atoms with E-state index in [0.29, 0.717) is 5.02 Å². The van der Waals surface area contributed by atoms with Gasteiger partial charge in [0.05, 0.1) is 11.5 Å². The summed E-state index contributed by atoms with van der Waals surface area (Å²) >= 11 is 11.0. The first kappa shape index (κ1) is 22.7. The zero-order valence-corrected chi connectivity index (χ0v) is 20.4. The summed E-state index contributed by atoms with van der Waals surface area (Å²) in [4.78, 5) is 13.4. The lowest BCUT2D eigenvalue weighted by molar-refractivity contribution is -0.120. The SMILES string of the molecule is Cc1cccc(-n2c(C)c(Br)c(/C=N\NC(=O)[C@@H](C)Sc3ccc(Cl)cc3)c2C)c1. The van der Waals surface area contributed by atoms with Crippen LogP contribution in [-0.2, 0) is 4.79 Å². The van der Waals surface area contributed by atoms with Gasteiger partial charge in [0.1, 0.15) is 0 Å². The molecular formula is C23H23BrClN3OS. The number of carbonyl (C=O) groups is 1. The number of amides is 1. The van der Waals surface area contributed by atoms with E-state index in [4.69, 9.17) is 11.6 Å². The minimum atomic E-state index is -0.286. The van der Waals surface area contributed by atoms with E-state index in [2.05, 4.69) is 63.1 Å². The van der Waals surface area contributed by atoms with E-state index in [1.807, 2.05) is 44.2 Å². The molecule has 0 unspecified atom stereocenters. The molecule has 0 radical (unpaired) electrons. The van der Waals surface area contributed by atoms with Crippen molar-refractivity contribution >= 4 is 51.4 Å². The maximum Gasteiger partial charge on any atom is 0.253 e. The fraction of sp³-hybridized carbons (Fsp3) is 0.217. The van der Waals surface area contributed by atoms with Gasteiger partial charge in [0.15, 0.2) is 0 Å². The van der Waals surface area contributed by atoms with E-state index in [1.165, 1.54) is 17.3 Å². The quantitative estimate of drug-likeness (QED) is 0.238. The minimum Gasteiger partial charge on any atom is -0.317 e. The molecule has 1 aromatic heterocycles. The number of aryl methyl sites for hydroxylation is 1. The Balaban J connectivity index is 1.72. The zero-order chi connectivity index (χ0) is 21.8. The van der Waals surface area contributed by atoms with E-state index in [1.54, 1.807) is 6.21 Å². The van der Waals surface area contributed by atoms with Gasteiger partial charge in [-0.2, -0.15) is 5.10 Å². The third kappa shape index (κ3) is 5.17. The Bertz CT molecular complexity index is 1090. The molecule has 0 aliphatic rings. The van der Waals surface area contributed by atoms with Crippen LogP contribution in [0.25, 0.3) is 5.69 Å². The van der Waals surface area contributed by atoms with Crippen molar-refractivity contribution in [3.63, 3.8) is 0 Å². The molecule has 3 aromatic rings. The molecule has 1 heterocycles. The smallest absolute Gasteiger partial charge is 0.253 e. The van der Waals surface area contributed by atoms with E-state index < -0.39 is 0 Å². The number of hydrazone groups is 1. The minimum absolute atomic E-state index is 0.158. The second-order valence-corrected chi connectivity index (χ2v) is 9.66. The number of aromatic nitrogens is 1. The molecule has 2 aromatic carbocycles. The normalized spacial score (nSPS) is 12.3. The highest BCUT2D eigenvalue weighted by atomic mass is 79.9. The lowest BCUT2D eigenvalue weighted by Crippen LogP contribution is -2.26. The van der Waals surface area contributed by atoms with Crippen LogP contribution in [0.15, 0.2) is 63.0 Å². The van der Waals surface area contributed by atoms with Gasteiger partial charge in [0.2, 0.25) is 0 Å². The van der Waals surface area contributed by atoms with Crippen LogP contribution in [0.5, 0.6) is 0 Å². The van der Waals surface area contributed by atoms with Crippen LogP contribution in [0.4, 0.5) is 0 Å². The fourth-order valence-electron chi connectivity index (χ4n) is 3.15. The highest BCUT2D eigenvalue weighted by Crippen LogP contribution is 2.30. The number of halogens is 2. The topological polar surface area (TPSA) is 46.4 Å². The van der Waals surface area contributed by atoms with Crippen molar-refractivity contribution in [3.8, 4) is 5.69 Å². The number of hydrogen-bond acceptors (Lipinski definition) is 3. The molecule has 0 fully saturated rings. The van der Waals surface area contributed by atoms with Crippen LogP contribution in [0.1, 0.15) is 29.4 Å². The Morgan fingerprint density at radius 2 is 1.87 bits per heavy atom.